The van der Waals surface area contributed by atoms with E-state index in [1.165, 1.54) is 18.8 Å². The van der Waals surface area contributed by atoms with Crippen molar-refractivity contribution in [3.63, 3.8) is 0 Å². The normalized spacial score (nSPS) is 19.7. The van der Waals surface area contributed by atoms with E-state index in [2.05, 4.69) is 61.6 Å². The van der Waals surface area contributed by atoms with Gasteiger partial charge in [-0.3, -0.25) is 14.5 Å². The van der Waals surface area contributed by atoms with E-state index in [1.54, 1.807) is 0 Å². The number of hydrogen-bond acceptors (Lipinski definition) is 3. The summed E-state index contributed by atoms with van der Waals surface area (Å²) in [4.78, 5) is 5.02. The Morgan fingerprint density at radius 2 is 1.95 bits per heavy atom. The Labute approximate surface area is 124 Å². The van der Waals surface area contributed by atoms with Crippen molar-refractivity contribution < 1.29 is 0 Å². The van der Waals surface area contributed by atoms with Crippen molar-refractivity contribution >= 4 is 15.9 Å². The highest BCUT2D eigenvalue weighted by molar-refractivity contribution is 9.09. The van der Waals surface area contributed by atoms with Gasteiger partial charge in [0.1, 0.15) is 0 Å². The number of aromatic nitrogens is 2. The molecule has 0 aliphatic carbocycles. The van der Waals surface area contributed by atoms with E-state index in [-0.39, 0.29) is 0 Å². The Hall–Kier alpha value is -0.390. The molecule has 5 heteroatoms. The highest BCUT2D eigenvalue weighted by Gasteiger charge is 2.17. The van der Waals surface area contributed by atoms with Crippen LogP contribution in [0, 0.1) is 0 Å². The van der Waals surface area contributed by atoms with Crippen LogP contribution in [0.15, 0.2) is 12.3 Å². The van der Waals surface area contributed by atoms with Crippen LogP contribution in [0.3, 0.4) is 0 Å². The van der Waals surface area contributed by atoms with Crippen molar-refractivity contribution in [1.29, 1.82) is 0 Å². The van der Waals surface area contributed by atoms with Crippen LogP contribution in [0.5, 0.6) is 0 Å². The summed E-state index contributed by atoms with van der Waals surface area (Å²) in [5, 5.41) is 5.76. The van der Waals surface area contributed by atoms with Crippen molar-refractivity contribution in [2.75, 3.05) is 38.1 Å². The molecular formula is C14H25BrN4. The molecular weight excluding hydrogens is 304 g/mol. The zero-order chi connectivity index (χ0) is 13.7. The Balaban J connectivity index is 1.80. The van der Waals surface area contributed by atoms with Gasteiger partial charge in [-0.1, -0.05) is 22.9 Å². The van der Waals surface area contributed by atoms with Gasteiger partial charge in [-0.25, -0.2) is 0 Å². The Kier molecular flexibility index (Phi) is 5.85. The number of halogens is 1. The molecule has 108 valence electrons. The van der Waals surface area contributed by atoms with E-state index in [0.717, 1.165) is 37.9 Å². The minimum atomic E-state index is 0.504. The molecule has 1 aromatic heterocycles. The third-order valence-corrected chi connectivity index (χ3v) is 4.31. The fraction of sp³-hybridized carbons (Fsp3) is 0.786. The van der Waals surface area contributed by atoms with Crippen LogP contribution >= 0.6 is 15.9 Å². The molecule has 0 spiro atoms. The van der Waals surface area contributed by atoms with Gasteiger partial charge < -0.3 is 0 Å². The average molecular weight is 329 g/mol. The van der Waals surface area contributed by atoms with Crippen LogP contribution in [-0.4, -0.2) is 57.6 Å². The summed E-state index contributed by atoms with van der Waals surface area (Å²) in [6.45, 7) is 11.2. The molecule has 19 heavy (non-hydrogen) atoms. The van der Waals surface area contributed by atoms with Crippen molar-refractivity contribution in [3.05, 3.63) is 18.0 Å². The third-order valence-electron chi connectivity index (χ3n) is 3.96. The summed E-state index contributed by atoms with van der Waals surface area (Å²) in [6.07, 6.45) is 3.25. The number of piperazine rings is 1. The van der Waals surface area contributed by atoms with Gasteiger partial charge in [0.2, 0.25) is 0 Å². The summed E-state index contributed by atoms with van der Waals surface area (Å²) in [5.74, 6) is 0. The van der Waals surface area contributed by atoms with E-state index in [0.29, 0.717) is 6.04 Å². The molecule has 0 saturated carbocycles. The second kappa shape index (κ2) is 7.41. The molecule has 1 aliphatic rings. The lowest BCUT2D eigenvalue weighted by Crippen LogP contribution is -2.46. The second-order valence-electron chi connectivity index (χ2n) is 5.35. The zero-order valence-electron chi connectivity index (χ0n) is 12.1. The number of rotatable bonds is 6. The molecule has 1 unspecified atom stereocenters. The fourth-order valence-corrected chi connectivity index (χ4v) is 2.92. The largest absolute Gasteiger partial charge is 0.300 e. The smallest absolute Gasteiger partial charge is 0.0764 e. The molecule has 0 radical (unpaired) electrons. The van der Waals surface area contributed by atoms with Gasteiger partial charge in [0.15, 0.2) is 0 Å². The van der Waals surface area contributed by atoms with Crippen molar-refractivity contribution in [2.24, 2.45) is 0 Å². The van der Waals surface area contributed by atoms with E-state index in [4.69, 9.17) is 0 Å². The lowest BCUT2D eigenvalue weighted by molar-refractivity contribution is 0.131. The topological polar surface area (TPSA) is 24.3 Å². The minimum Gasteiger partial charge on any atom is -0.300 e. The molecule has 2 heterocycles. The van der Waals surface area contributed by atoms with E-state index in [9.17, 15) is 0 Å². The molecule has 0 bridgehead atoms. The molecule has 0 amide bonds. The molecule has 2 rings (SSSR count). The SMILES string of the molecule is CCC(C)n1ccc(CN2CCN(CCBr)CC2)n1. The molecule has 1 fully saturated rings. The van der Waals surface area contributed by atoms with Crippen molar-refractivity contribution in [1.82, 2.24) is 19.6 Å². The van der Waals surface area contributed by atoms with Gasteiger partial charge in [-0.15, -0.1) is 0 Å². The monoisotopic (exact) mass is 328 g/mol. The van der Waals surface area contributed by atoms with Crippen LogP contribution in [-0.2, 0) is 6.54 Å². The summed E-state index contributed by atoms with van der Waals surface area (Å²) < 4.78 is 2.09. The molecule has 1 aliphatic heterocycles. The van der Waals surface area contributed by atoms with Crippen LogP contribution in [0.4, 0.5) is 0 Å². The number of alkyl halides is 1. The quantitative estimate of drug-likeness (QED) is 0.749. The van der Waals surface area contributed by atoms with E-state index < -0.39 is 0 Å². The van der Waals surface area contributed by atoms with Gasteiger partial charge in [-0.2, -0.15) is 5.10 Å². The first-order valence-electron chi connectivity index (χ1n) is 7.27. The predicted octanol–water partition coefficient (Wildman–Crippen LogP) is 2.37. The van der Waals surface area contributed by atoms with Gasteiger partial charge in [0.25, 0.3) is 0 Å². The lowest BCUT2D eigenvalue weighted by atomic mass is 10.3. The number of nitrogens with zero attached hydrogens (tertiary/aromatic N) is 4. The highest BCUT2D eigenvalue weighted by atomic mass is 79.9. The summed E-state index contributed by atoms with van der Waals surface area (Å²) in [7, 11) is 0. The van der Waals surface area contributed by atoms with Crippen LogP contribution < -0.4 is 0 Å². The van der Waals surface area contributed by atoms with Crippen LogP contribution in [0.25, 0.3) is 0 Å². The third kappa shape index (κ3) is 4.29. The molecule has 4 nitrogen and oxygen atoms in total. The Morgan fingerprint density at radius 3 is 2.58 bits per heavy atom. The fourth-order valence-electron chi connectivity index (χ4n) is 2.41. The zero-order valence-corrected chi connectivity index (χ0v) is 13.6. The highest BCUT2D eigenvalue weighted by Crippen LogP contribution is 2.11. The van der Waals surface area contributed by atoms with E-state index >= 15 is 0 Å². The first-order chi connectivity index (χ1) is 9.22. The van der Waals surface area contributed by atoms with Crippen LogP contribution in [0.1, 0.15) is 32.0 Å². The summed E-state index contributed by atoms with van der Waals surface area (Å²) in [6, 6.07) is 2.67. The first kappa shape index (κ1) is 15.0. The minimum absolute atomic E-state index is 0.504. The molecule has 0 aromatic carbocycles. The Morgan fingerprint density at radius 1 is 1.26 bits per heavy atom. The van der Waals surface area contributed by atoms with Crippen molar-refractivity contribution in [3.8, 4) is 0 Å². The molecule has 1 saturated heterocycles. The van der Waals surface area contributed by atoms with Crippen LogP contribution in [0.2, 0.25) is 0 Å². The standard InChI is InChI=1S/C14H25BrN4/c1-3-13(2)19-6-4-14(16-19)12-18-10-8-17(7-5-15)9-11-18/h4,6,13H,3,5,7-12H2,1-2H3. The van der Waals surface area contributed by atoms with Gasteiger partial charge in [0.05, 0.1) is 5.69 Å². The van der Waals surface area contributed by atoms with E-state index in [1.807, 2.05) is 0 Å². The van der Waals surface area contributed by atoms with Gasteiger partial charge in [0, 0.05) is 56.8 Å². The summed E-state index contributed by atoms with van der Waals surface area (Å²) >= 11 is 3.51. The predicted molar refractivity (Wildman–Crippen MR) is 82.7 cm³/mol. The molecule has 0 N–H and O–H groups in total. The van der Waals surface area contributed by atoms with Crippen molar-refractivity contribution in [2.45, 2.75) is 32.9 Å². The maximum absolute atomic E-state index is 4.68. The summed E-state index contributed by atoms with van der Waals surface area (Å²) in [5.41, 5.74) is 1.20. The molecule has 1 atom stereocenters. The lowest BCUT2D eigenvalue weighted by Gasteiger charge is -2.33. The molecule has 1 aromatic rings. The Bertz CT molecular complexity index is 371. The maximum Gasteiger partial charge on any atom is 0.0764 e. The maximum atomic E-state index is 4.68. The van der Waals surface area contributed by atoms with Gasteiger partial charge in [-0.05, 0) is 19.4 Å². The second-order valence-corrected chi connectivity index (χ2v) is 6.14. The average Bonchev–Trinajstić information content (AvgIpc) is 2.89. The first-order valence-corrected chi connectivity index (χ1v) is 8.39. The van der Waals surface area contributed by atoms with Gasteiger partial charge >= 0.3 is 0 Å². The number of hydrogen-bond donors (Lipinski definition) is 0.